The molecule has 1 saturated carbocycles. The van der Waals surface area contributed by atoms with Gasteiger partial charge < -0.3 is 14.8 Å². The van der Waals surface area contributed by atoms with E-state index < -0.39 is 5.60 Å². The number of hydrogen-bond donors (Lipinski definition) is 1. The molecule has 0 atom stereocenters. The van der Waals surface area contributed by atoms with E-state index in [9.17, 15) is 4.79 Å². The Hall–Kier alpha value is -1.07. The van der Waals surface area contributed by atoms with Gasteiger partial charge in [-0.1, -0.05) is 35.2 Å². The molecular formula is C16H22BrNO3. The summed E-state index contributed by atoms with van der Waals surface area (Å²) in [6.07, 6.45) is 4.85. The Morgan fingerprint density at radius 3 is 2.48 bits per heavy atom. The van der Waals surface area contributed by atoms with Gasteiger partial charge in [-0.2, -0.15) is 0 Å². The Kier molecular flexibility index (Phi) is 6.06. The number of alkyl halides is 1. The van der Waals surface area contributed by atoms with Crippen LogP contribution in [0.5, 0.6) is 5.75 Å². The average Bonchev–Trinajstić information content (AvgIpc) is 2.54. The predicted octanol–water partition coefficient (Wildman–Crippen LogP) is 3.75. The molecule has 116 valence electrons. The van der Waals surface area contributed by atoms with Crippen molar-refractivity contribution in [1.29, 1.82) is 0 Å². The second-order valence-corrected chi connectivity index (χ2v) is 6.07. The Morgan fingerprint density at radius 1 is 1.24 bits per heavy atom. The second kappa shape index (κ2) is 7.80. The van der Waals surface area contributed by atoms with Crippen molar-refractivity contribution in [2.45, 2.75) is 37.7 Å². The maximum atomic E-state index is 12.5. The van der Waals surface area contributed by atoms with Gasteiger partial charge in [-0.05, 0) is 37.1 Å². The van der Waals surface area contributed by atoms with Gasteiger partial charge in [0.25, 0.3) is 5.91 Å². The molecule has 0 bridgehead atoms. The van der Waals surface area contributed by atoms with Crippen molar-refractivity contribution in [2.75, 3.05) is 24.4 Å². The van der Waals surface area contributed by atoms with Crippen molar-refractivity contribution in [3.05, 3.63) is 24.3 Å². The lowest BCUT2D eigenvalue weighted by Crippen LogP contribution is -2.46. The predicted molar refractivity (Wildman–Crippen MR) is 87.2 cm³/mol. The molecule has 0 aliphatic heterocycles. The van der Waals surface area contributed by atoms with Crippen LogP contribution in [0.25, 0.3) is 0 Å². The second-order valence-electron chi connectivity index (χ2n) is 5.28. The van der Waals surface area contributed by atoms with E-state index in [4.69, 9.17) is 9.47 Å². The van der Waals surface area contributed by atoms with E-state index in [0.717, 1.165) is 42.5 Å². The van der Waals surface area contributed by atoms with Crippen molar-refractivity contribution in [3.8, 4) is 5.75 Å². The van der Waals surface area contributed by atoms with Gasteiger partial charge in [0.05, 0.1) is 6.61 Å². The van der Waals surface area contributed by atoms with Gasteiger partial charge in [0, 0.05) is 18.1 Å². The van der Waals surface area contributed by atoms with E-state index in [1.165, 1.54) is 6.42 Å². The van der Waals surface area contributed by atoms with Crippen molar-refractivity contribution in [1.82, 2.24) is 0 Å². The van der Waals surface area contributed by atoms with Gasteiger partial charge in [-0.15, -0.1) is 0 Å². The van der Waals surface area contributed by atoms with E-state index in [-0.39, 0.29) is 5.91 Å². The van der Waals surface area contributed by atoms with Crippen LogP contribution in [0.2, 0.25) is 0 Å². The number of carbonyl (C=O) groups is 1. The molecule has 1 aromatic rings. The van der Waals surface area contributed by atoms with E-state index in [0.29, 0.717) is 6.61 Å². The average molecular weight is 356 g/mol. The number of benzene rings is 1. The lowest BCUT2D eigenvalue weighted by Gasteiger charge is -2.34. The number of rotatable bonds is 6. The third-order valence-electron chi connectivity index (χ3n) is 3.92. The number of ether oxygens (including phenoxy) is 2. The smallest absolute Gasteiger partial charge is 0.256 e. The molecule has 0 spiro atoms. The summed E-state index contributed by atoms with van der Waals surface area (Å²) in [5, 5.41) is 3.75. The molecule has 4 nitrogen and oxygen atoms in total. The number of anilines is 1. The van der Waals surface area contributed by atoms with Crippen LogP contribution in [0.15, 0.2) is 24.3 Å². The molecule has 0 heterocycles. The van der Waals surface area contributed by atoms with E-state index in [1.807, 2.05) is 24.3 Å². The first-order chi connectivity index (χ1) is 10.2. The van der Waals surface area contributed by atoms with Gasteiger partial charge in [0.1, 0.15) is 11.4 Å². The Morgan fingerprint density at radius 2 is 1.90 bits per heavy atom. The SMILES string of the molecule is COC1(C(=O)Nc2ccc(OCCBr)cc2)CCCCC1. The highest BCUT2D eigenvalue weighted by Gasteiger charge is 2.39. The van der Waals surface area contributed by atoms with E-state index in [2.05, 4.69) is 21.2 Å². The Balaban J connectivity index is 1.98. The molecule has 0 aromatic heterocycles. The lowest BCUT2D eigenvalue weighted by atomic mass is 9.84. The minimum absolute atomic E-state index is 0.0428. The van der Waals surface area contributed by atoms with Crippen molar-refractivity contribution >= 4 is 27.5 Å². The fourth-order valence-electron chi connectivity index (χ4n) is 2.68. The first-order valence-electron chi connectivity index (χ1n) is 7.36. The maximum absolute atomic E-state index is 12.5. The molecule has 1 aliphatic carbocycles. The zero-order valence-corrected chi connectivity index (χ0v) is 13.9. The summed E-state index contributed by atoms with van der Waals surface area (Å²) in [6, 6.07) is 7.43. The lowest BCUT2D eigenvalue weighted by molar-refractivity contribution is -0.141. The van der Waals surface area contributed by atoms with Crippen molar-refractivity contribution in [2.24, 2.45) is 0 Å². The summed E-state index contributed by atoms with van der Waals surface area (Å²) < 4.78 is 11.0. The summed E-state index contributed by atoms with van der Waals surface area (Å²) in [6.45, 7) is 0.624. The van der Waals surface area contributed by atoms with Crippen LogP contribution >= 0.6 is 15.9 Å². The van der Waals surface area contributed by atoms with Gasteiger partial charge in [-0.25, -0.2) is 0 Å². The highest BCUT2D eigenvalue weighted by molar-refractivity contribution is 9.09. The van der Waals surface area contributed by atoms with Crippen LogP contribution in [0, 0.1) is 0 Å². The first kappa shape index (κ1) is 16.3. The maximum Gasteiger partial charge on any atom is 0.256 e. The number of carbonyl (C=O) groups excluding carboxylic acids is 1. The largest absolute Gasteiger partial charge is 0.493 e. The third kappa shape index (κ3) is 4.20. The number of amides is 1. The molecule has 21 heavy (non-hydrogen) atoms. The van der Waals surface area contributed by atoms with Gasteiger partial charge in [0.2, 0.25) is 0 Å². The topological polar surface area (TPSA) is 47.6 Å². The van der Waals surface area contributed by atoms with E-state index in [1.54, 1.807) is 7.11 Å². The normalized spacial score (nSPS) is 17.2. The van der Waals surface area contributed by atoms with Crippen molar-refractivity contribution < 1.29 is 14.3 Å². The summed E-state index contributed by atoms with van der Waals surface area (Å²) in [4.78, 5) is 12.5. The fraction of sp³-hybridized carbons (Fsp3) is 0.562. The summed E-state index contributed by atoms with van der Waals surface area (Å²) >= 11 is 3.32. The van der Waals surface area contributed by atoms with Crippen LogP contribution in [0.4, 0.5) is 5.69 Å². The van der Waals surface area contributed by atoms with Crippen LogP contribution in [0.3, 0.4) is 0 Å². The zero-order valence-electron chi connectivity index (χ0n) is 12.4. The molecular weight excluding hydrogens is 334 g/mol. The molecule has 1 N–H and O–H groups in total. The minimum atomic E-state index is -0.663. The monoisotopic (exact) mass is 355 g/mol. The molecule has 1 amide bonds. The highest BCUT2D eigenvalue weighted by atomic mass is 79.9. The van der Waals surface area contributed by atoms with Gasteiger partial charge >= 0.3 is 0 Å². The minimum Gasteiger partial charge on any atom is -0.493 e. The molecule has 1 aromatic carbocycles. The van der Waals surface area contributed by atoms with Gasteiger partial charge in [-0.3, -0.25) is 4.79 Å². The Bertz CT molecular complexity index is 455. The van der Waals surface area contributed by atoms with Crippen LogP contribution in [-0.4, -0.2) is 30.6 Å². The standard InChI is InChI=1S/C16H22BrNO3/c1-20-16(9-3-2-4-10-16)15(19)18-13-5-7-14(8-6-13)21-12-11-17/h5-8H,2-4,9-12H2,1H3,(H,18,19). The van der Waals surface area contributed by atoms with Crippen LogP contribution in [-0.2, 0) is 9.53 Å². The first-order valence-corrected chi connectivity index (χ1v) is 8.48. The molecule has 2 rings (SSSR count). The van der Waals surface area contributed by atoms with Crippen molar-refractivity contribution in [3.63, 3.8) is 0 Å². The molecule has 0 saturated heterocycles. The number of hydrogen-bond acceptors (Lipinski definition) is 3. The summed E-state index contributed by atoms with van der Waals surface area (Å²) in [7, 11) is 1.63. The third-order valence-corrected chi connectivity index (χ3v) is 4.25. The number of halogens is 1. The molecule has 0 unspecified atom stereocenters. The summed E-state index contributed by atoms with van der Waals surface area (Å²) in [5.41, 5.74) is 0.108. The molecule has 5 heteroatoms. The fourth-order valence-corrected chi connectivity index (χ4v) is 2.84. The molecule has 1 fully saturated rings. The number of methoxy groups -OCH3 is 1. The number of nitrogens with one attached hydrogen (secondary N) is 1. The van der Waals surface area contributed by atoms with Crippen LogP contribution < -0.4 is 10.1 Å². The van der Waals surface area contributed by atoms with Gasteiger partial charge in [0.15, 0.2) is 0 Å². The molecule has 1 aliphatic rings. The zero-order chi connectivity index (χ0) is 15.1. The summed E-state index contributed by atoms with van der Waals surface area (Å²) in [5.74, 6) is 0.755. The van der Waals surface area contributed by atoms with Crippen LogP contribution in [0.1, 0.15) is 32.1 Å². The molecule has 0 radical (unpaired) electrons. The van der Waals surface area contributed by atoms with E-state index >= 15 is 0 Å². The highest BCUT2D eigenvalue weighted by Crippen LogP contribution is 2.32. The Labute approximate surface area is 134 Å². The quantitative estimate of drug-likeness (QED) is 0.790.